The molecule has 0 saturated heterocycles. The van der Waals surface area contributed by atoms with E-state index in [4.69, 9.17) is 5.11 Å². The standard InChI is InChI=1S/C9H18O2/c1-6-3-4-9(11)8(5-10)7(6)2/h6-11H,3-5H2,1-2H3. The van der Waals surface area contributed by atoms with Crippen molar-refractivity contribution in [1.29, 1.82) is 0 Å². The first-order valence-electron chi connectivity index (χ1n) is 4.45. The minimum atomic E-state index is -0.272. The zero-order valence-electron chi connectivity index (χ0n) is 7.33. The molecule has 0 aliphatic heterocycles. The summed E-state index contributed by atoms with van der Waals surface area (Å²) in [7, 11) is 0. The molecule has 0 aromatic heterocycles. The third-order valence-corrected chi connectivity index (χ3v) is 3.20. The van der Waals surface area contributed by atoms with Crippen LogP contribution in [0.5, 0.6) is 0 Å². The molecule has 11 heavy (non-hydrogen) atoms. The lowest BCUT2D eigenvalue weighted by Crippen LogP contribution is -2.37. The highest BCUT2D eigenvalue weighted by molar-refractivity contribution is 4.82. The summed E-state index contributed by atoms with van der Waals surface area (Å²) in [6.07, 6.45) is 1.68. The van der Waals surface area contributed by atoms with Crippen LogP contribution in [0.4, 0.5) is 0 Å². The Kier molecular flexibility index (Phi) is 2.90. The van der Waals surface area contributed by atoms with E-state index in [-0.39, 0.29) is 18.6 Å². The van der Waals surface area contributed by atoms with Crippen molar-refractivity contribution in [3.8, 4) is 0 Å². The van der Waals surface area contributed by atoms with Crippen LogP contribution in [0.3, 0.4) is 0 Å². The number of rotatable bonds is 1. The van der Waals surface area contributed by atoms with Gasteiger partial charge in [-0.05, 0) is 24.7 Å². The van der Waals surface area contributed by atoms with E-state index in [9.17, 15) is 5.11 Å². The van der Waals surface area contributed by atoms with Crippen LogP contribution in [0, 0.1) is 17.8 Å². The molecule has 4 atom stereocenters. The van der Waals surface area contributed by atoms with E-state index in [0.717, 1.165) is 12.8 Å². The molecule has 0 radical (unpaired) electrons. The first kappa shape index (κ1) is 9.01. The maximum atomic E-state index is 9.50. The van der Waals surface area contributed by atoms with Crippen molar-refractivity contribution in [1.82, 2.24) is 0 Å². The van der Waals surface area contributed by atoms with Gasteiger partial charge in [-0.25, -0.2) is 0 Å². The molecule has 1 aliphatic carbocycles. The molecule has 0 spiro atoms. The predicted molar refractivity (Wildman–Crippen MR) is 44.1 cm³/mol. The van der Waals surface area contributed by atoms with Gasteiger partial charge in [0.15, 0.2) is 0 Å². The second-order valence-corrected chi connectivity index (χ2v) is 3.83. The van der Waals surface area contributed by atoms with Gasteiger partial charge in [0.2, 0.25) is 0 Å². The van der Waals surface area contributed by atoms with Gasteiger partial charge in [-0.15, -0.1) is 0 Å². The average Bonchev–Trinajstić information content (AvgIpc) is 1.99. The van der Waals surface area contributed by atoms with E-state index in [2.05, 4.69) is 13.8 Å². The lowest BCUT2D eigenvalue weighted by atomic mass is 9.72. The molecule has 2 N–H and O–H groups in total. The summed E-state index contributed by atoms with van der Waals surface area (Å²) < 4.78 is 0. The van der Waals surface area contributed by atoms with E-state index in [1.165, 1.54) is 0 Å². The zero-order valence-corrected chi connectivity index (χ0v) is 7.33. The molecular weight excluding hydrogens is 140 g/mol. The van der Waals surface area contributed by atoms with Gasteiger partial charge in [0.25, 0.3) is 0 Å². The van der Waals surface area contributed by atoms with Crippen molar-refractivity contribution < 1.29 is 10.2 Å². The fourth-order valence-corrected chi connectivity index (χ4v) is 1.97. The molecule has 2 nitrogen and oxygen atoms in total. The second kappa shape index (κ2) is 3.55. The largest absolute Gasteiger partial charge is 0.396 e. The minimum absolute atomic E-state index is 0.110. The molecule has 1 aliphatic rings. The highest BCUT2D eigenvalue weighted by Crippen LogP contribution is 2.33. The molecule has 0 aromatic rings. The van der Waals surface area contributed by atoms with Crippen LogP contribution in [-0.2, 0) is 0 Å². The van der Waals surface area contributed by atoms with Gasteiger partial charge in [0, 0.05) is 12.5 Å². The molecule has 0 aromatic carbocycles. The molecular formula is C9H18O2. The van der Waals surface area contributed by atoms with Crippen molar-refractivity contribution in [3.05, 3.63) is 0 Å². The summed E-state index contributed by atoms with van der Waals surface area (Å²) in [6.45, 7) is 4.44. The molecule has 66 valence electrons. The van der Waals surface area contributed by atoms with Crippen molar-refractivity contribution in [2.75, 3.05) is 6.61 Å². The fourth-order valence-electron chi connectivity index (χ4n) is 1.97. The Morgan fingerprint density at radius 3 is 2.36 bits per heavy atom. The minimum Gasteiger partial charge on any atom is -0.396 e. The van der Waals surface area contributed by atoms with Crippen LogP contribution in [-0.4, -0.2) is 22.9 Å². The highest BCUT2D eigenvalue weighted by Gasteiger charge is 2.32. The van der Waals surface area contributed by atoms with Gasteiger partial charge in [0.1, 0.15) is 0 Å². The Morgan fingerprint density at radius 1 is 1.27 bits per heavy atom. The normalized spacial score (nSPS) is 45.8. The summed E-state index contributed by atoms with van der Waals surface area (Å²) in [4.78, 5) is 0. The lowest BCUT2D eigenvalue weighted by Gasteiger charge is -2.36. The summed E-state index contributed by atoms with van der Waals surface area (Å²) in [5.74, 6) is 1.22. The van der Waals surface area contributed by atoms with Crippen LogP contribution >= 0.6 is 0 Å². The number of hydrogen-bond acceptors (Lipinski definition) is 2. The third-order valence-electron chi connectivity index (χ3n) is 3.20. The summed E-state index contributed by atoms with van der Waals surface area (Å²) in [5.41, 5.74) is 0. The molecule has 1 saturated carbocycles. The molecule has 1 rings (SSSR count). The van der Waals surface area contributed by atoms with Crippen LogP contribution < -0.4 is 0 Å². The predicted octanol–water partition coefficient (Wildman–Crippen LogP) is 1.02. The SMILES string of the molecule is CC1CCC(O)C(CO)C1C. The number of aliphatic hydroxyl groups is 2. The van der Waals surface area contributed by atoms with Gasteiger partial charge >= 0.3 is 0 Å². The van der Waals surface area contributed by atoms with Crippen molar-refractivity contribution in [2.24, 2.45) is 17.8 Å². The Labute approximate surface area is 68.2 Å². The molecule has 0 amide bonds. The van der Waals surface area contributed by atoms with Gasteiger partial charge in [-0.3, -0.25) is 0 Å². The number of hydrogen-bond donors (Lipinski definition) is 2. The number of aliphatic hydroxyl groups excluding tert-OH is 2. The van der Waals surface area contributed by atoms with Crippen molar-refractivity contribution >= 4 is 0 Å². The monoisotopic (exact) mass is 158 g/mol. The van der Waals surface area contributed by atoms with Crippen LogP contribution in [0.2, 0.25) is 0 Å². The third kappa shape index (κ3) is 1.74. The maximum Gasteiger partial charge on any atom is 0.0593 e. The first-order chi connectivity index (χ1) is 5.16. The molecule has 4 unspecified atom stereocenters. The van der Waals surface area contributed by atoms with Gasteiger partial charge in [-0.2, -0.15) is 0 Å². The Morgan fingerprint density at radius 2 is 1.91 bits per heavy atom. The first-order valence-corrected chi connectivity index (χ1v) is 4.45. The summed E-state index contributed by atoms with van der Waals surface area (Å²) in [5, 5.41) is 18.5. The van der Waals surface area contributed by atoms with E-state index >= 15 is 0 Å². The van der Waals surface area contributed by atoms with Crippen LogP contribution in [0.25, 0.3) is 0 Å². The van der Waals surface area contributed by atoms with E-state index < -0.39 is 0 Å². The van der Waals surface area contributed by atoms with Crippen LogP contribution in [0.1, 0.15) is 26.7 Å². The fraction of sp³-hybridized carbons (Fsp3) is 1.00. The van der Waals surface area contributed by atoms with Gasteiger partial charge in [-0.1, -0.05) is 13.8 Å². The Bertz CT molecular complexity index is 125. The molecule has 0 heterocycles. The molecule has 1 fully saturated rings. The highest BCUT2D eigenvalue weighted by atomic mass is 16.3. The van der Waals surface area contributed by atoms with Crippen molar-refractivity contribution in [2.45, 2.75) is 32.8 Å². The zero-order chi connectivity index (χ0) is 8.43. The summed E-state index contributed by atoms with van der Waals surface area (Å²) >= 11 is 0. The maximum absolute atomic E-state index is 9.50. The topological polar surface area (TPSA) is 40.5 Å². The van der Waals surface area contributed by atoms with Crippen LogP contribution in [0.15, 0.2) is 0 Å². The van der Waals surface area contributed by atoms with E-state index in [1.807, 2.05) is 0 Å². The van der Waals surface area contributed by atoms with Gasteiger partial charge in [0.05, 0.1) is 6.10 Å². The average molecular weight is 158 g/mol. The second-order valence-electron chi connectivity index (χ2n) is 3.83. The lowest BCUT2D eigenvalue weighted by molar-refractivity contribution is -0.0153. The summed E-state index contributed by atoms with van der Waals surface area (Å²) in [6, 6.07) is 0. The smallest absolute Gasteiger partial charge is 0.0593 e. The van der Waals surface area contributed by atoms with E-state index in [1.54, 1.807) is 0 Å². The Balaban J connectivity index is 2.55. The molecule has 0 bridgehead atoms. The molecule has 2 heteroatoms. The Hall–Kier alpha value is -0.0800. The van der Waals surface area contributed by atoms with Gasteiger partial charge < -0.3 is 10.2 Å². The van der Waals surface area contributed by atoms with E-state index in [0.29, 0.717) is 11.8 Å². The van der Waals surface area contributed by atoms with Crippen molar-refractivity contribution in [3.63, 3.8) is 0 Å². The quantitative estimate of drug-likeness (QED) is 0.598.